The van der Waals surface area contributed by atoms with Gasteiger partial charge >= 0.3 is 0 Å². The summed E-state index contributed by atoms with van der Waals surface area (Å²) in [5.41, 5.74) is -0.892. The van der Waals surface area contributed by atoms with Gasteiger partial charge < -0.3 is 5.32 Å². The molecular weight excluding hydrogens is 316 g/mol. The number of carbonyl (C=O) groups is 1. The van der Waals surface area contributed by atoms with E-state index in [0.29, 0.717) is 0 Å². The van der Waals surface area contributed by atoms with Crippen molar-refractivity contribution in [3.63, 3.8) is 0 Å². The Morgan fingerprint density at radius 2 is 1.86 bits per heavy atom. The highest BCUT2D eigenvalue weighted by Gasteiger charge is 2.21. The highest BCUT2D eigenvalue weighted by molar-refractivity contribution is 6.31. The van der Waals surface area contributed by atoms with E-state index in [-0.39, 0.29) is 22.1 Å². The maximum atomic E-state index is 12.0. The first-order chi connectivity index (χ1) is 10.4. The van der Waals surface area contributed by atoms with Crippen LogP contribution < -0.4 is 5.32 Å². The van der Waals surface area contributed by atoms with Crippen molar-refractivity contribution in [1.82, 2.24) is 4.98 Å². The van der Waals surface area contributed by atoms with Gasteiger partial charge in [-0.05, 0) is 18.2 Å². The molecule has 1 amide bonds. The molecule has 0 fully saturated rings. The third kappa shape index (κ3) is 3.33. The molecule has 0 saturated heterocycles. The molecule has 0 aliphatic heterocycles. The van der Waals surface area contributed by atoms with Crippen molar-refractivity contribution in [1.29, 1.82) is 0 Å². The van der Waals surface area contributed by atoms with Gasteiger partial charge in [-0.25, -0.2) is 4.98 Å². The zero-order chi connectivity index (χ0) is 16.3. The van der Waals surface area contributed by atoms with Crippen LogP contribution >= 0.6 is 11.6 Å². The van der Waals surface area contributed by atoms with Gasteiger partial charge in [0.05, 0.1) is 9.85 Å². The molecule has 10 heteroatoms. The largest absolute Gasteiger partial charge is 0.306 e. The molecule has 0 aliphatic rings. The van der Waals surface area contributed by atoms with Gasteiger partial charge in [0.25, 0.3) is 17.3 Å². The molecule has 0 aliphatic carbocycles. The minimum atomic E-state index is -0.773. The summed E-state index contributed by atoms with van der Waals surface area (Å²) in [6.45, 7) is 0. The maximum Gasteiger partial charge on any atom is 0.287 e. The predicted octanol–water partition coefficient (Wildman–Crippen LogP) is 2.80. The van der Waals surface area contributed by atoms with Crippen LogP contribution in [0.25, 0.3) is 0 Å². The lowest BCUT2D eigenvalue weighted by atomic mass is 10.1. The zero-order valence-electron chi connectivity index (χ0n) is 10.7. The Labute approximate surface area is 127 Å². The monoisotopic (exact) mass is 322 g/mol. The van der Waals surface area contributed by atoms with Gasteiger partial charge in [-0.1, -0.05) is 11.6 Å². The van der Waals surface area contributed by atoms with Crippen molar-refractivity contribution in [2.24, 2.45) is 0 Å². The molecule has 1 heterocycles. The fourth-order valence-electron chi connectivity index (χ4n) is 1.60. The average molecular weight is 323 g/mol. The van der Waals surface area contributed by atoms with Crippen LogP contribution in [0, 0.1) is 20.2 Å². The summed E-state index contributed by atoms with van der Waals surface area (Å²) in [6.07, 6.45) is 0.964. The van der Waals surface area contributed by atoms with Gasteiger partial charge in [-0.15, -0.1) is 0 Å². The predicted molar refractivity (Wildman–Crippen MR) is 77.0 cm³/mol. The van der Waals surface area contributed by atoms with Crippen molar-refractivity contribution >= 4 is 34.7 Å². The number of hydrogen-bond donors (Lipinski definition) is 1. The standard InChI is InChI=1S/C12H7ClN4O5/c13-7-1-3-9(10(5-7)17(21)22)12(18)15-11-4-2-8(6-14-11)16(19)20/h1-6H,(H,14,15,18). The van der Waals surface area contributed by atoms with E-state index in [1.807, 2.05) is 0 Å². The highest BCUT2D eigenvalue weighted by atomic mass is 35.5. The molecule has 0 atom stereocenters. The van der Waals surface area contributed by atoms with Crippen molar-refractivity contribution < 1.29 is 14.6 Å². The molecule has 112 valence electrons. The molecule has 1 aromatic heterocycles. The molecule has 22 heavy (non-hydrogen) atoms. The average Bonchev–Trinajstić information content (AvgIpc) is 2.47. The minimum absolute atomic E-state index is 0.0276. The van der Waals surface area contributed by atoms with E-state index in [4.69, 9.17) is 11.6 Å². The molecule has 2 aromatic rings. The number of benzene rings is 1. The lowest BCUT2D eigenvalue weighted by Gasteiger charge is -2.05. The van der Waals surface area contributed by atoms with Crippen LogP contribution in [0.4, 0.5) is 17.2 Å². The molecule has 0 unspecified atom stereocenters. The SMILES string of the molecule is O=C(Nc1ccc([N+](=O)[O-])cn1)c1ccc(Cl)cc1[N+](=O)[O-]. The van der Waals surface area contributed by atoms with Gasteiger partial charge in [0.2, 0.25) is 0 Å². The molecule has 0 saturated carbocycles. The summed E-state index contributed by atoms with van der Waals surface area (Å²) in [6, 6.07) is 5.98. The third-order valence-electron chi connectivity index (χ3n) is 2.60. The topological polar surface area (TPSA) is 128 Å². The highest BCUT2D eigenvalue weighted by Crippen LogP contribution is 2.24. The summed E-state index contributed by atoms with van der Waals surface area (Å²) in [5.74, 6) is -0.746. The molecule has 0 bridgehead atoms. The Morgan fingerprint density at radius 1 is 1.14 bits per heavy atom. The van der Waals surface area contributed by atoms with Crippen LogP contribution in [0.3, 0.4) is 0 Å². The number of rotatable bonds is 4. The third-order valence-corrected chi connectivity index (χ3v) is 2.84. The maximum absolute atomic E-state index is 12.0. The van der Waals surface area contributed by atoms with E-state index in [9.17, 15) is 25.0 Å². The fourth-order valence-corrected chi connectivity index (χ4v) is 1.77. The number of hydrogen-bond acceptors (Lipinski definition) is 6. The van der Waals surface area contributed by atoms with Gasteiger partial charge in [0.1, 0.15) is 17.6 Å². The fraction of sp³-hybridized carbons (Fsp3) is 0. The zero-order valence-corrected chi connectivity index (χ0v) is 11.5. The van der Waals surface area contributed by atoms with Gasteiger partial charge in [-0.3, -0.25) is 25.0 Å². The normalized spacial score (nSPS) is 10.0. The van der Waals surface area contributed by atoms with E-state index < -0.39 is 21.4 Å². The number of anilines is 1. The Morgan fingerprint density at radius 3 is 2.41 bits per heavy atom. The number of aromatic nitrogens is 1. The molecule has 1 aromatic carbocycles. The van der Waals surface area contributed by atoms with Crippen molar-refractivity contribution in [3.8, 4) is 0 Å². The van der Waals surface area contributed by atoms with Crippen LogP contribution in [-0.2, 0) is 0 Å². The number of pyridine rings is 1. The number of nitrogens with zero attached hydrogens (tertiary/aromatic N) is 3. The van der Waals surface area contributed by atoms with E-state index in [1.54, 1.807) is 0 Å². The second-order valence-corrected chi connectivity index (χ2v) is 4.47. The molecule has 1 N–H and O–H groups in total. The summed E-state index contributed by atoms with van der Waals surface area (Å²) in [4.78, 5) is 35.8. The summed E-state index contributed by atoms with van der Waals surface area (Å²) in [7, 11) is 0. The first-order valence-electron chi connectivity index (χ1n) is 5.74. The Bertz CT molecular complexity index is 763. The van der Waals surface area contributed by atoms with Crippen molar-refractivity contribution in [2.45, 2.75) is 0 Å². The van der Waals surface area contributed by atoms with Crippen LogP contribution in [-0.4, -0.2) is 20.7 Å². The molecule has 2 rings (SSSR count). The van der Waals surface area contributed by atoms with Crippen LogP contribution in [0.15, 0.2) is 36.5 Å². The molecule has 0 spiro atoms. The molecule has 0 radical (unpaired) electrons. The van der Waals surface area contributed by atoms with E-state index in [1.165, 1.54) is 18.2 Å². The molecule has 9 nitrogen and oxygen atoms in total. The van der Waals surface area contributed by atoms with Crippen LogP contribution in [0.1, 0.15) is 10.4 Å². The quantitative estimate of drug-likeness (QED) is 0.680. The van der Waals surface area contributed by atoms with E-state index in [0.717, 1.165) is 18.3 Å². The van der Waals surface area contributed by atoms with E-state index in [2.05, 4.69) is 10.3 Å². The lowest BCUT2D eigenvalue weighted by molar-refractivity contribution is -0.385. The second-order valence-electron chi connectivity index (χ2n) is 4.03. The van der Waals surface area contributed by atoms with Crippen molar-refractivity contribution in [3.05, 3.63) is 67.3 Å². The smallest absolute Gasteiger partial charge is 0.287 e. The number of nitrogens with one attached hydrogen (secondary N) is 1. The second kappa shape index (κ2) is 6.14. The summed E-state index contributed by atoms with van der Waals surface area (Å²) < 4.78 is 0. The lowest BCUT2D eigenvalue weighted by Crippen LogP contribution is -2.14. The first-order valence-corrected chi connectivity index (χ1v) is 6.12. The van der Waals surface area contributed by atoms with Crippen molar-refractivity contribution in [2.75, 3.05) is 5.32 Å². The Balaban J connectivity index is 2.26. The Hall–Kier alpha value is -3.07. The summed E-state index contributed by atoms with van der Waals surface area (Å²) >= 11 is 5.66. The van der Waals surface area contributed by atoms with Gasteiger partial charge in [0, 0.05) is 17.2 Å². The Kier molecular flexibility index (Phi) is 4.28. The number of halogens is 1. The van der Waals surface area contributed by atoms with Gasteiger partial charge in [-0.2, -0.15) is 0 Å². The summed E-state index contributed by atoms with van der Waals surface area (Å²) in [5, 5.41) is 23.9. The van der Waals surface area contributed by atoms with Crippen LogP contribution in [0.5, 0.6) is 0 Å². The van der Waals surface area contributed by atoms with E-state index >= 15 is 0 Å². The number of carbonyl (C=O) groups excluding carboxylic acids is 1. The number of nitro benzene ring substituents is 1. The first kappa shape index (κ1) is 15.3. The number of nitro groups is 2. The minimum Gasteiger partial charge on any atom is -0.306 e. The van der Waals surface area contributed by atoms with Gasteiger partial charge in [0.15, 0.2) is 0 Å². The van der Waals surface area contributed by atoms with Crippen LogP contribution in [0.2, 0.25) is 5.02 Å². The number of amides is 1. The molecular formula is C12H7ClN4O5.